The summed E-state index contributed by atoms with van der Waals surface area (Å²) in [5.41, 5.74) is 5.78. The van der Waals surface area contributed by atoms with Gasteiger partial charge in [0.05, 0.1) is 17.6 Å². The predicted molar refractivity (Wildman–Crippen MR) is 66.2 cm³/mol. The van der Waals surface area contributed by atoms with E-state index < -0.39 is 0 Å². The van der Waals surface area contributed by atoms with Gasteiger partial charge < -0.3 is 10.6 Å². The molecule has 1 heterocycles. The van der Waals surface area contributed by atoms with Crippen molar-refractivity contribution in [2.24, 2.45) is 5.73 Å². The Morgan fingerprint density at radius 1 is 1.69 bits per heavy atom. The summed E-state index contributed by atoms with van der Waals surface area (Å²) in [7, 11) is 1.78. The molecule has 1 amide bonds. The average molecular weight is 241 g/mol. The van der Waals surface area contributed by atoms with Crippen LogP contribution in [-0.4, -0.2) is 28.9 Å². The predicted octanol–water partition coefficient (Wildman–Crippen LogP) is 1.54. The lowest BCUT2D eigenvalue weighted by Gasteiger charge is -2.20. The molecule has 0 fully saturated rings. The van der Waals surface area contributed by atoms with Gasteiger partial charge in [0.1, 0.15) is 0 Å². The van der Waals surface area contributed by atoms with Gasteiger partial charge in [-0.1, -0.05) is 13.3 Å². The van der Waals surface area contributed by atoms with E-state index in [1.54, 1.807) is 23.3 Å². The smallest absolute Gasteiger partial charge is 0.239 e. The highest BCUT2D eigenvalue weighted by molar-refractivity contribution is 7.11. The van der Waals surface area contributed by atoms with Gasteiger partial charge in [-0.3, -0.25) is 4.79 Å². The molecule has 0 radical (unpaired) electrons. The number of amides is 1. The summed E-state index contributed by atoms with van der Waals surface area (Å²) in [6.07, 6.45) is 3.49. The lowest BCUT2D eigenvalue weighted by atomic mass is 10.1. The molecule has 4 nitrogen and oxygen atoms in total. The molecule has 90 valence electrons. The molecule has 0 aliphatic carbocycles. The first-order valence-corrected chi connectivity index (χ1v) is 6.28. The maximum absolute atomic E-state index is 11.8. The van der Waals surface area contributed by atoms with Crippen LogP contribution in [0.4, 0.5) is 0 Å². The third-order valence-corrected chi connectivity index (χ3v) is 3.25. The number of rotatable bonds is 5. The van der Waals surface area contributed by atoms with Gasteiger partial charge in [-0.05, 0) is 13.3 Å². The van der Waals surface area contributed by atoms with E-state index in [-0.39, 0.29) is 11.9 Å². The van der Waals surface area contributed by atoms with E-state index in [2.05, 4.69) is 4.98 Å². The molecule has 1 aromatic rings. The Balaban J connectivity index is 2.51. The zero-order valence-corrected chi connectivity index (χ0v) is 10.9. The molecular weight excluding hydrogens is 222 g/mol. The number of hydrogen-bond donors (Lipinski definition) is 1. The summed E-state index contributed by atoms with van der Waals surface area (Å²) < 4.78 is 0. The highest BCUT2D eigenvalue weighted by Gasteiger charge is 2.17. The summed E-state index contributed by atoms with van der Waals surface area (Å²) >= 11 is 1.61. The monoisotopic (exact) mass is 241 g/mol. The summed E-state index contributed by atoms with van der Waals surface area (Å²) in [5, 5.41) is 1.02. The third kappa shape index (κ3) is 3.57. The Morgan fingerprint density at radius 2 is 2.38 bits per heavy atom. The number of carbonyl (C=O) groups is 1. The first-order valence-electron chi connectivity index (χ1n) is 5.46. The van der Waals surface area contributed by atoms with Crippen molar-refractivity contribution in [3.05, 3.63) is 16.1 Å². The minimum Gasteiger partial charge on any atom is -0.339 e. The highest BCUT2D eigenvalue weighted by Crippen LogP contribution is 2.14. The molecule has 0 saturated carbocycles. The molecule has 5 heteroatoms. The number of hydrogen-bond acceptors (Lipinski definition) is 4. The Hall–Kier alpha value is -0.940. The minimum atomic E-state index is -0.371. The van der Waals surface area contributed by atoms with Crippen molar-refractivity contribution < 1.29 is 4.79 Å². The quantitative estimate of drug-likeness (QED) is 0.850. The van der Waals surface area contributed by atoms with Gasteiger partial charge in [0, 0.05) is 18.1 Å². The maximum Gasteiger partial charge on any atom is 0.239 e. The Labute approximate surface area is 100 Å². The van der Waals surface area contributed by atoms with Gasteiger partial charge in [-0.15, -0.1) is 11.3 Å². The molecule has 0 saturated heterocycles. The van der Waals surface area contributed by atoms with Crippen LogP contribution in [0, 0.1) is 6.92 Å². The normalized spacial score (nSPS) is 12.5. The summed E-state index contributed by atoms with van der Waals surface area (Å²) in [5.74, 6) is 0.00732. The highest BCUT2D eigenvalue weighted by atomic mass is 32.1. The van der Waals surface area contributed by atoms with Crippen molar-refractivity contribution in [1.29, 1.82) is 0 Å². The van der Waals surface area contributed by atoms with Crippen molar-refractivity contribution in [2.75, 3.05) is 7.05 Å². The van der Waals surface area contributed by atoms with Crippen molar-refractivity contribution in [2.45, 2.75) is 39.3 Å². The average Bonchev–Trinajstić information content (AvgIpc) is 2.63. The number of aromatic nitrogens is 1. The van der Waals surface area contributed by atoms with Crippen LogP contribution in [0.1, 0.15) is 29.7 Å². The zero-order valence-electron chi connectivity index (χ0n) is 10.1. The fourth-order valence-corrected chi connectivity index (χ4v) is 2.36. The molecule has 0 unspecified atom stereocenters. The van der Waals surface area contributed by atoms with Gasteiger partial charge in [0.2, 0.25) is 5.91 Å². The Morgan fingerprint density at radius 3 is 2.88 bits per heavy atom. The summed E-state index contributed by atoms with van der Waals surface area (Å²) in [6, 6.07) is -0.371. The second-order valence-electron chi connectivity index (χ2n) is 3.94. The van der Waals surface area contributed by atoms with Gasteiger partial charge >= 0.3 is 0 Å². The van der Waals surface area contributed by atoms with Gasteiger partial charge in [-0.25, -0.2) is 4.98 Å². The van der Waals surface area contributed by atoms with Gasteiger partial charge in [-0.2, -0.15) is 0 Å². The standard InChI is InChI=1S/C11H19N3OS/c1-4-5-10(12)11(15)14(3)7-9-6-13-8(2)16-9/h6,10H,4-5,7,12H2,1-3H3/t10-/m0/s1. The third-order valence-electron chi connectivity index (χ3n) is 2.36. The molecule has 1 rings (SSSR count). The van der Waals surface area contributed by atoms with E-state index in [0.29, 0.717) is 6.54 Å². The number of nitrogens with two attached hydrogens (primary N) is 1. The second-order valence-corrected chi connectivity index (χ2v) is 5.25. The molecule has 0 aromatic carbocycles. The van der Waals surface area contributed by atoms with Crippen LogP contribution in [0.5, 0.6) is 0 Å². The van der Waals surface area contributed by atoms with Crippen molar-refractivity contribution in [1.82, 2.24) is 9.88 Å². The SMILES string of the molecule is CCC[C@H](N)C(=O)N(C)Cc1cnc(C)s1. The van der Waals surface area contributed by atoms with Crippen LogP contribution >= 0.6 is 11.3 Å². The fraction of sp³-hybridized carbons (Fsp3) is 0.636. The topological polar surface area (TPSA) is 59.2 Å². The van der Waals surface area contributed by atoms with Crippen LogP contribution in [0.2, 0.25) is 0 Å². The lowest BCUT2D eigenvalue weighted by molar-refractivity contribution is -0.131. The molecule has 0 aliphatic heterocycles. The molecule has 16 heavy (non-hydrogen) atoms. The number of nitrogens with zero attached hydrogens (tertiary/aromatic N) is 2. The summed E-state index contributed by atoms with van der Waals surface area (Å²) in [4.78, 5) is 18.8. The summed E-state index contributed by atoms with van der Waals surface area (Å²) in [6.45, 7) is 4.58. The first kappa shape index (κ1) is 13.1. The van der Waals surface area contributed by atoms with Crippen LogP contribution in [0.3, 0.4) is 0 Å². The van der Waals surface area contributed by atoms with Gasteiger partial charge in [0.25, 0.3) is 0 Å². The van der Waals surface area contributed by atoms with Crippen LogP contribution in [0.25, 0.3) is 0 Å². The van der Waals surface area contributed by atoms with Crippen molar-refractivity contribution in [3.8, 4) is 0 Å². The van der Waals surface area contributed by atoms with Crippen molar-refractivity contribution in [3.63, 3.8) is 0 Å². The molecule has 1 atom stereocenters. The van der Waals surface area contributed by atoms with E-state index >= 15 is 0 Å². The fourth-order valence-electron chi connectivity index (χ4n) is 1.51. The van der Waals surface area contributed by atoms with Crippen molar-refractivity contribution >= 4 is 17.2 Å². The van der Waals surface area contributed by atoms with E-state index in [9.17, 15) is 4.79 Å². The molecular formula is C11H19N3OS. The molecule has 0 bridgehead atoms. The van der Waals surface area contributed by atoms with E-state index in [0.717, 1.165) is 22.7 Å². The Kier molecular flexibility index (Phi) is 4.89. The van der Waals surface area contributed by atoms with E-state index in [1.807, 2.05) is 20.0 Å². The molecule has 2 N–H and O–H groups in total. The lowest BCUT2D eigenvalue weighted by Crippen LogP contribution is -2.41. The maximum atomic E-state index is 11.8. The van der Waals surface area contributed by atoms with E-state index in [1.165, 1.54) is 0 Å². The minimum absolute atomic E-state index is 0.00732. The number of thiazole rings is 1. The second kappa shape index (κ2) is 5.96. The Bertz CT molecular complexity index is 351. The number of likely N-dealkylation sites (N-methyl/N-ethyl adjacent to an activating group) is 1. The van der Waals surface area contributed by atoms with Crippen LogP contribution < -0.4 is 5.73 Å². The molecule has 0 spiro atoms. The largest absolute Gasteiger partial charge is 0.339 e. The van der Waals surface area contributed by atoms with Crippen LogP contribution in [0.15, 0.2) is 6.20 Å². The number of carbonyl (C=O) groups excluding carboxylic acids is 1. The van der Waals surface area contributed by atoms with Crippen LogP contribution in [-0.2, 0) is 11.3 Å². The van der Waals surface area contributed by atoms with E-state index in [4.69, 9.17) is 5.73 Å². The molecule has 0 aliphatic rings. The first-order chi connectivity index (χ1) is 7.54. The molecule has 1 aromatic heterocycles. The number of aryl methyl sites for hydroxylation is 1. The van der Waals surface area contributed by atoms with Gasteiger partial charge in [0.15, 0.2) is 0 Å². The zero-order chi connectivity index (χ0) is 12.1.